The number of hydrogen-bond donors (Lipinski definition) is 1. The lowest BCUT2D eigenvalue weighted by molar-refractivity contribution is -0.120. The highest BCUT2D eigenvalue weighted by molar-refractivity contribution is 7.92. The maximum atomic E-state index is 13.7. The van der Waals surface area contributed by atoms with Crippen molar-refractivity contribution in [1.29, 1.82) is 0 Å². The van der Waals surface area contributed by atoms with Crippen LogP contribution in [0, 0.1) is 20.8 Å². The molecule has 0 bridgehead atoms. The third-order valence-electron chi connectivity index (χ3n) is 6.16. The van der Waals surface area contributed by atoms with E-state index >= 15 is 0 Å². The van der Waals surface area contributed by atoms with Gasteiger partial charge < -0.3 is 5.32 Å². The van der Waals surface area contributed by atoms with E-state index in [-0.39, 0.29) is 11.4 Å². The zero-order valence-electron chi connectivity index (χ0n) is 20.7. The van der Waals surface area contributed by atoms with E-state index in [1.165, 1.54) is 4.31 Å². The van der Waals surface area contributed by atoms with Crippen LogP contribution in [-0.2, 0) is 14.8 Å². The number of aryl methyl sites for hydroxylation is 3. The number of sulfonamides is 1. The van der Waals surface area contributed by atoms with E-state index in [1.54, 1.807) is 36.4 Å². The predicted molar refractivity (Wildman–Crippen MR) is 144 cm³/mol. The van der Waals surface area contributed by atoms with Gasteiger partial charge in [0.2, 0.25) is 5.91 Å². The molecule has 184 valence electrons. The SMILES string of the molecule is Cc1ccc(N(CC(=O)N[C@H](c2ccccc2)c2ccccc2C)S(=O)(=O)c2ccc(C)cc2)cc1. The van der Waals surface area contributed by atoms with Gasteiger partial charge in [-0.3, -0.25) is 9.10 Å². The first kappa shape index (κ1) is 25.2. The van der Waals surface area contributed by atoms with Gasteiger partial charge in [0.1, 0.15) is 6.54 Å². The highest BCUT2D eigenvalue weighted by Crippen LogP contribution is 2.27. The van der Waals surface area contributed by atoms with E-state index in [0.717, 1.165) is 27.8 Å². The smallest absolute Gasteiger partial charge is 0.264 e. The van der Waals surface area contributed by atoms with Gasteiger partial charge in [0.15, 0.2) is 0 Å². The summed E-state index contributed by atoms with van der Waals surface area (Å²) in [5.41, 5.74) is 5.30. The van der Waals surface area contributed by atoms with Gasteiger partial charge in [-0.05, 0) is 61.7 Å². The maximum absolute atomic E-state index is 13.7. The molecule has 36 heavy (non-hydrogen) atoms. The van der Waals surface area contributed by atoms with Crippen LogP contribution in [-0.4, -0.2) is 20.9 Å². The summed E-state index contributed by atoms with van der Waals surface area (Å²) in [6.45, 7) is 5.48. The van der Waals surface area contributed by atoms with Crippen LogP contribution < -0.4 is 9.62 Å². The molecule has 0 unspecified atom stereocenters. The van der Waals surface area contributed by atoms with Crippen molar-refractivity contribution in [3.05, 3.63) is 131 Å². The highest BCUT2D eigenvalue weighted by atomic mass is 32.2. The van der Waals surface area contributed by atoms with E-state index in [2.05, 4.69) is 5.32 Å². The van der Waals surface area contributed by atoms with Crippen molar-refractivity contribution in [3.8, 4) is 0 Å². The van der Waals surface area contributed by atoms with E-state index in [9.17, 15) is 13.2 Å². The molecule has 0 saturated heterocycles. The van der Waals surface area contributed by atoms with Crippen LogP contribution >= 0.6 is 0 Å². The third kappa shape index (κ3) is 5.66. The fourth-order valence-electron chi connectivity index (χ4n) is 4.10. The summed E-state index contributed by atoms with van der Waals surface area (Å²) in [5, 5.41) is 3.09. The minimum atomic E-state index is -3.98. The summed E-state index contributed by atoms with van der Waals surface area (Å²) in [4.78, 5) is 13.6. The molecule has 0 aliphatic carbocycles. The van der Waals surface area contributed by atoms with Gasteiger partial charge in [-0.25, -0.2) is 8.42 Å². The Hall–Kier alpha value is -3.90. The summed E-state index contributed by atoms with van der Waals surface area (Å²) >= 11 is 0. The van der Waals surface area contributed by atoms with Crippen molar-refractivity contribution in [2.45, 2.75) is 31.7 Å². The van der Waals surface area contributed by atoms with Crippen LogP contribution in [0.4, 0.5) is 5.69 Å². The number of rotatable bonds is 8. The number of hydrogen-bond acceptors (Lipinski definition) is 3. The lowest BCUT2D eigenvalue weighted by Gasteiger charge is -2.27. The first-order chi connectivity index (χ1) is 17.3. The van der Waals surface area contributed by atoms with Gasteiger partial charge in [0.05, 0.1) is 16.6 Å². The molecule has 0 radical (unpaired) electrons. The Morgan fingerprint density at radius 1 is 0.750 bits per heavy atom. The lowest BCUT2D eigenvalue weighted by Crippen LogP contribution is -2.42. The van der Waals surface area contributed by atoms with E-state index < -0.39 is 22.0 Å². The van der Waals surface area contributed by atoms with Crippen molar-refractivity contribution in [3.63, 3.8) is 0 Å². The highest BCUT2D eigenvalue weighted by Gasteiger charge is 2.28. The fraction of sp³-hybridized carbons (Fsp3) is 0.167. The van der Waals surface area contributed by atoms with Gasteiger partial charge in [0.25, 0.3) is 10.0 Å². The number of carbonyl (C=O) groups is 1. The molecule has 4 aromatic rings. The minimum Gasteiger partial charge on any atom is -0.344 e. The molecule has 4 rings (SSSR count). The summed E-state index contributed by atoms with van der Waals surface area (Å²) in [6.07, 6.45) is 0. The molecular formula is C30H30N2O3S. The molecule has 0 aromatic heterocycles. The topological polar surface area (TPSA) is 66.5 Å². The molecule has 1 atom stereocenters. The second-order valence-corrected chi connectivity index (χ2v) is 10.8. The minimum absolute atomic E-state index is 0.139. The van der Waals surface area contributed by atoms with Crippen LogP contribution in [0.15, 0.2) is 108 Å². The number of amides is 1. The molecule has 0 aliphatic rings. The number of nitrogens with one attached hydrogen (secondary N) is 1. The second kappa shape index (κ2) is 10.8. The Balaban J connectivity index is 1.69. The van der Waals surface area contributed by atoms with Crippen molar-refractivity contribution >= 4 is 21.6 Å². The second-order valence-electron chi connectivity index (χ2n) is 8.93. The van der Waals surface area contributed by atoms with Gasteiger partial charge in [-0.2, -0.15) is 0 Å². The maximum Gasteiger partial charge on any atom is 0.264 e. The first-order valence-corrected chi connectivity index (χ1v) is 13.3. The largest absolute Gasteiger partial charge is 0.344 e. The van der Waals surface area contributed by atoms with Gasteiger partial charge in [-0.15, -0.1) is 0 Å². The summed E-state index contributed by atoms with van der Waals surface area (Å²) < 4.78 is 28.6. The fourth-order valence-corrected chi connectivity index (χ4v) is 5.52. The Bertz CT molecular complexity index is 1430. The van der Waals surface area contributed by atoms with E-state index in [1.807, 2.05) is 87.5 Å². The van der Waals surface area contributed by atoms with Crippen molar-refractivity contribution < 1.29 is 13.2 Å². The Morgan fingerprint density at radius 2 is 1.31 bits per heavy atom. The van der Waals surface area contributed by atoms with Crippen molar-refractivity contribution in [2.75, 3.05) is 10.8 Å². The van der Waals surface area contributed by atoms with Crippen LogP contribution in [0.2, 0.25) is 0 Å². The quantitative estimate of drug-likeness (QED) is 0.338. The number of anilines is 1. The molecule has 4 aromatic carbocycles. The molecule has 0 heterocycles. The number of carbonyl (C=O) groups excluding carboxylic acids is 1. The standard InChI is InChI=1S/C30H30N2O3S/c1-22-13-17-26(18-14-22)32(36(34,35)27-19-15-23(2)16-20-27)21-29(33)31-30(25-10-5-4-6-11-25)28-12-8-7-9-24(28)3/h4-20,30H,21H2,1-3H3,(H,31,33)/t30-/m1/s1. The molecule has 0 spiro atoms. The van der Waals surface area contributed by atoms with E-state index in [4.69, 9.17) is 0 Å². The summed E-state index contributed by atoms with van der Waals surface area (Å²) in [5.74, 6) is -0.400. The lowest BCUT2D eigenvalue weighted by atomic mass is 9.95. The first-order valence-electron chi connectivity index (χ1n) is 11.8. The zero-order chi connectivity index (χ0) is 25.7. The molecule has 5 nitrogen and oxygen atoms in total. The normalized spacial score (nSPS) is 12.1. The predicted octanol–water partition coefficient (Wildman–Crippen LogP) is 5.71. The average Bonchev–Trinajstić information content (AvgIpc) is 2.88. The van der Waals surface area contributed by atoms with Crippen LogP contribution in [0.5, 0.6) is 0 Å². The molecule has 0 saturated carbocycles. The average molecular weight is 499 g/mol. The molecule has 1 amide bonds. The van der Waals surface area contributed by atoms with Gasteiger partial charge in [-0.1, -0.05) is 90.0 Å². The Labute approximate surface area is 213 Å². The summed E-state index contributed by atoms with van der Waals surface area (Å²) in [7, 11) is -3.98. The molecule has 0 fully saturated rings. The van der Waals surface area contributed by atoms with Crippen molar-refractivity contribution in [1.82, 2.24) is 5.32 Å². The molecule has 1 N–H and O–H groups in total. The Kier molecular flexibility index (Phi) is 7.55. The van der Waals surface area contributed by atoms with Crippen LogP contribution in [0.3, 0.4) is 0 Å². The number of benzene rings is 4. The van der Waals surface area contributed by atoms with Crippen LogP contribution in [0.25, 0.3) is 0 Å². The molecule has 6 heteroatoms. The molecule has 0 aliphatic heterocycles. The Morgan fingerprint density at radius 3 is 1.92 bits per heavy atom. The monoisotopic (exact) mass is 498 g/mol. The summed E-state index contributed by atoms with van der Waals surface area (Å²) in [6, 6.07) is 30.9. The number of nitrogens with zero attached hydrogens (tertiary/aromatic N) is 1. The van der Waals surface area contributed by atoms with E-state index in [0.29, 0.717) is 5.69 Å². The zero-order valence-corrected chi connectivity index (χ0v) is 21.5. The van der Waals surface area contributed by atoms with Gasteiger partial charge in [0, 0.05) is 0 Å². The van der Waals surface area contributed by atoms with Gasteiger partial charge >= 0.3 is 0 Å². The van der Waals surface area contributed by atoms with Crippen molar-refractivity contribution in [2.24, 2.45) is 0 Å². The van der Waals surface area contributed by atoms with Crippen LogP contribution in [0.1, 0.15) is 33.9 Å². The molecular weight excluding hydrogens is 468 g/mol. The third-order valence-corrected chi connectivity index (χ3v) is 7.94.